The lowest BCUT2D eigenvalue weighted by atomic mass is 10.1. The average Bonchev–Trinajstić information content (AvgIpc) is 2.16. The maximum absolute atomic E-state index is 10.4. The van der Waals surface area contributed by atoms with E-state index < -0.39 is 12.1 Å². The van der Waals surface area contributed by atoms with Gasteiger partial charge in [-0.05, 0) is 17.7 Å². The molecule has 1 aromatic rings. The number of rotatable bonds is 3. The molecule has 0 spiro atoms. The highest BCUT2D eigenvalue weighted by atomic mass is 16.5. The number of aromatic hydroxyl groups is 1. The van der Waals surface area contributed by atoms with E-state index >= 15 is 0 Å². The van der Waals surface area contributed by atoms with Crippen molar-refractivity contribution in [2.75, 3.05) is 7.11 Å². The van der Waals surface area contributed by atoms with Crippen LogP contribution in [0.3, 0.4) is 0 Å². The highest BCUT2D eigenvalue weighted by Crippen LogP contribution is 2.28. The maximum Gasteiger partial charge on any atom is 0.337 e. The molecule has 0 radical (unpaired) electrons. The second-order valence-corrected chi connectivity index (χ2v) is 2.67. The second-order valence-electron chi connectivity index (χ2n) is 2.67. The van der Waals surface area contributed by atoms with Crippen LogP contribution >= 0.6 is 0 Å². The van der Waals surface area contributed by atoms with E-state index in [1.54, 1.807) is 0 Å². The SMILES string of the molecule is COc1ccc([C@@H](O)C(=O)O)cc1O. The molecule has 1 atom stereocenters. The van der Waals surface area contributed by atoms with Crippen molar-refractivity contribution in [3.8, 4) is 11.5 Å². The third kappa shape index (κ3) is 1.94. The lowest BCUT2D eigenvalue weighted by molar-refractivity contribution is -0.146. The molecule has 1 rings (SSSR count). The number of aliphatic carboxylic acids is 1. The summed E-state index contributed by atoms with van der Waals surface area (Å²) in [4.78, 5) is 10.4. The summed E-state index contributed by atoms with van der Waals surface area (Å²) in [7, 11) is 1.38. The molecule has 5 heteroatoms. The first-order chi connectivity index (χ1) is 6.56. The van der Waals surface area contributed by atoms with Gasteiger partial charge >= 0.3 is 5.97 Å². The van der Waals surface area contributed by atoms with Crippen LogP contribution in [-0.4, -0.2) is 28.4 Å². The Labute approximate surface area is 80.2 Å². The van der Waals surface area contributed by atoms with Gasteiger partial charge in [-0.15, -0.1) is 0 Å². The standard InChI is InChI=1S/C9H10O5/c1-14-7-3-2-5(4-6(7)10)8(11)9(12)13/h2-4,8,10-11H,1H3,(H,12,13)/t8-/m1/s1. The largest absolute Gasteiger partial charge is 0.504 e. The van der Waals surface area contributed by atoms with Crippen molar-refractivity contribution in [1.29, 1.82) is 0 Å². The Hall–Kier alpha value is -1.75. The first-order valence-corrected chi connectivity index (χ1v) is 3.84. The summed E-state index contributed by atoms with van der Waals surface area (Å²) in [6.07, 6.45) is -1.63. The minimum Gasteiger partial charge on any atom is -0.504 e. The quantitative estimate of drug-likeness (QED) is 0.659. The van der Waals surface area contributed by atoms with Gasteiger partial charge in [-0.1, -0.05) is 6.07 Å². The summed E-state index contributed by atoms with van der Waals surface area (Å²) in [5, 5.41) is 26.9. The van der Waals surface area contributed by atoms with Gasteiger partial charge in [0, 0.05) is 0 Å². The fourth-order valence-corrected chi connectivity index (χ4v) is 1.02. The predicted molar refractivity (Wildman–Crippen MR) is 47.3 cm³/mol. The molecule has 0 aliphatic carbocycles. The molecule has 0 heterocycles. The fraction of sp³-hybridized carbons (Fsp3) is 0.222. The summed E-state index contributed by atoms with van der Waals surface area (Å²) in [6.45, 7) is 0. The molecule has 0 aliphatic rings. The number of benzene rings is 1. The van der Waals surface area contributed by atoms with Crippen molar-refractivity contribution in [3.63, 3.8) is 0 Å². The molecule has 0 amide bonds. The fourth-order valence-electron chi connectivity index (χ4n) is 1.02. The number of aliphatic hydroxyl groups is 1. The number of ether oxygens (including phenoxy) is 1. The number of carbonyl (C=O) groups is 1. The van der Waals surface area contributed by atoms with E-state index in [0.29, 0.717) is 0 Å². The van der Waals surface area contributed by atoms with E-state index in [1.807, 2.05) is 0 Å². The van der Waals surface area contributed by atoms with Gasteiger partial charge in [0.1, 0.15) is 0 Å². The molecule has 3 N–H and O–H groups in total. The van der Waals surface area contributed by atoms with Crippen molar-refractivity contribution in [2.24, 2.45) is 0 Å². The van der Waals surface area contributed by atoms with Crippen LogP contribution in [0.2, 0.25) is 0 Å². The monoisotopic (exact) mass is 198 g/mol. The Morgan fingerprint density at radius 1 is 1.50 bits per heavy atom. The number of phenols is 1. The van der Waals surface area contributed by atoms with E-state index in [4.69, 9.17) is 14.9 Å². The Morgan fingerprint density at radius 2 is 2.14 bits per heavy atom. The van der Waals surface area contributed by atoms with E-state index in [1.165, 1.54) is 19.2 Å². The molecule has 0 aliphatic heterocycles. The Kier molecular flexibility index (Phi) is 2.93. The second kappa shape index (κ2) is 3.97. The van der Waals surface area contributed by atoms with Crippen molar-refractivity contribution < 1.29 is 24.9 Å². The Morgan fingerprint density at radius 3 is 2.57 bits per heavy atom. The van der Waals surface area contributed by atoms with Crippen LogP contribution in [0.4, 0.5) is 0 Å². The van der Waals surface area contributed by atoms with Gasteiger partial charge in [0.2, 0.25) is 0 Å². The maximum atomic E-state index is 10.4. The topological polar surface area (TPSA) is 87.0 Å². The van der Waals surface area contributed by atoms with Gasteiger partial charge in [0.25, 0.3) is 0 Å². The molecule has 0 saturated heterocycles. The third-order valence-electron chi connectivity index (χ3n) is 1.75. The number of phenolic OH excluding ortho intramolecular Hbond substituents is 1. The van der Waals surface area contributed by atoms with Crippen molar-refractivity contribution in [2.45, 2.75) is 6.10 Å². The molecule has 0 bridgehead atoms. The summed E-state index contributed by atoms with van der Waals surface area (Å²) in [5.74, 6) is -1.34. The minimum atomic E-state index is -1.63. The molecule has 0 fully saturated rings. The number of aliphatic hydroxyl groups excluding tert-OH is 1. The average molecular weight is 198 g/mol. The van der Waals surface area contributed by atoms with E-state index in [0.717, 1.165) is 6.07 Å². The molecule has 0 unspecified atom stereocenters. The molecular weight excluding hydrogens is 188 g/mol. The van der Waals surface area contributed by atoms with Crippen LogP contribution in [0, 0.1) is 0 Å². The summed E-state index contributed by atoms with van der Waals surface area (Å²) >= 11 is 0. The lowest BCUT2D eigenvalue weighted by Crippen LogP contribution is -2.10. The number of carboxylic acids is 1. The first kappa shape index (κ1) is 10.3. The summed E-state index contributed by atoms with van der Waals surface area (Å²) in [5.41, 5.74) is 0.107. The predicted octanol–water partition coefficient (Wildman–Crippen LogP) is 0.519. The highest BCUT2D eigenvalue weighted by molar-refractivity contribution is 5.74. The Balaban J connectivity index is 3.02. The van der Waals surface area contributed by atoms with Crippen LogP contribution in [0.1, 0.15) is 11.7 Å². The molecule has 0 aromatic heterocycles. The van der Waals surface area contributed by atoms with Gasteiger partial charge < -0.3 is 20.1 Å². The molecular formula is C9H10O5. The van der Waals surface area contributed by atoms with E-state index in [-0.39, 0.29) is 17.1 Å². The van der Waals surface area contributed by atoms with Crippen LogP contribution in [0.25, 0.3) is 0 Å². The number of hydrogen-bond donors (Lipinski definition) is 3. The third-order valence-corrected chi connectivity index (χ3v) is 1.75. The molecule has 76 valence electrons. The minimum absolute atomic E-state index is 0.107. The van der Waals surface area contributed by atoms with Gasteiger partial charge in [0.05, 0.1) is 7.11 Å². The Bertz CT molecular complexity index is 347. The van der Waals surface area contributed by atoms with Crippen LogP contribution in [0.15, 0.2) is 18.2 Å². The smallest absolute Gasteiger partial charge is 0.337 e. The lowest BCUT2D eigenvalue weighted by Gasteiger charge is -2.08. The van der Waals surface area contributed by atoms with Crippen molar-refractivity contribution in [3.05, 3.63) is 23.8 Å². The normalized spacial score (nSPS) is 12.1. The highest BCUT2D eigenvalue weighted by Gasteiger charge is 2.17. The van der Waals surface area contributed by atoms with Crippen LogP contribution in [-0.2, 0) is 4.79 Å². The summed E-state index contributed by atoms with van der Waals surface area (Å²) < 4.78 is 4.76. The zero-order chi connectivity index (χ0) is 10.7. The molecule has 14 heavy (non-hydrogen) atoms. The van der Waals surface area contributed by atoms with Gasteiger partial charge in [-0.2, -0.15) is 0 Å². The molecule has 5 nitrogen and oxygen atoms in total. The van der Waals surface area contributed by atoms with Gasteiger partial charge in [-0.25, -0.2) is 4.79 Å². The first-order valence-electron chi connectivity index (χ1n) is 3.84. The zero-order valence-corrected chi connectivity index (χ0v) is 7.47. The molecule has 1 aromatic carbocycles. The zero-order valence-electron chi connectivity index (χ0n) is 7.47. The van der Waals surface area contributed by atoms with Crippen LogP contribution in [0.5, 0.6) is 11.5 Å². The van der Waals surface area contributed by atoms with Gasteiger partial charge in [0.15, 0.2) is 17.6 Å². The van der Waals surface area contributed by atoms with E-state index in [2.05, 4.69) is 0 Å². The van der Waals surface area contributed by atoms with Crippen molar-refractivity contribution >= 4 is 5.97 Å². The van der Waals surface area contributed by atoms with Crippen LogP contribution < -0.4 is 4.74 Å². The van der Waals surface area contributed by atoms with E-state index in [9.17, 15) is 9.90 Å². The molecule has 0 saturated carbocycles. The summed E-state index contributed by atoms with van der Waals surface area (Å²) in [6, 6.07) is 3.91. The van der Waals surface area contributed by atoms with Crippen molar-refractivity contribution in [1.82, 2.24) is 0 Å². The number of hydrogen-bond acceptors (Lipinski definition) is 4. The van der Waals surface area contributed by atoms with Gasteiger partial charge in [-0.3, -0.25) is 0 Å². The number of methoxy groups -OCH3 is 1. The number of carboxylic acid groups (broad SMARTS) is 1.